The van der Waals surface area contributed by atoms with Crippen LogP contribution in [-0.2, 0) is 0 Å². The maximum absolute atomic E-state index is 9.35. The molecule has 1 fully saturated rings. The number of anilines is 3. The Morgan fingerprint density at radius 3 is 2.96 bits per heavy atom. The normalized spacial score (nSPS) is 16.8. The van der Waals surface area contributed by atoms with E-state index in [2.05, 4.69) is 42.2 Å². The van der Waals surface area contributed by atoms with E-state index < -0.39 is 0 Å². The van der Waals surface area contributed by atoms with Crippen LogP contribution in [0.4, 0.5) is 17.5 Å². The van der Waals surface area contributed by atoms with Crippen LogP contribution in [0, 0.1) is 11.3 Å². The zero-order valence-electron chi connectivity index (χ0n) is 13.7. The fraction of sp³-hybridized carbons (Fsp3) is 0.353. The molecule has 7 heteroatoms. The van der Waals surface area contributed by atoms with Gasteiger partial charge in [0.15, 0.2) is 0 Å². The Bertz CT molecular complexity index is 770. The predicted octanol–water partition coefficient (Wildman–Crippen LogP) is 2.87. The molecule has 1 N–H and O–H groups in total. The number of hydrogen-bond donors (Lipinski definition) is 1. The lowest BCUT2D eigenvalue weighted by Gasteiger charge is -2.21. The van der Waals surface area contributed by atoms with Crippen molar-refractivity contribution in [3.05, 3.63) is 40.5 Å². The minimum Gasteiger partial charge on any atom is -0.368 e. The second kappa shape index (κ2) is 7.05. The minimum absolute atomic E-state index is 0.296. The molecule has 2 heterocycles. The second-order valence-electron chi connectivity index (χ2n) is 5.99. The number of nitrogens with zero attached hydrogens (tertiary/aromatic N) is 5. The molecular weight excluding hydrogens is 368 g/mol. The van der Waals surface area contributed by atoms with Crippen LogP contribution < -0.4 is 15.1 Å². The highest BCUT2D eigenvalue weighted by molar-refractivity contribution is 9.10. The standard InChI is InChI=1S/C17H19BrN6/c1-23(2)17-20-7-5-16(22-17)21-14-6-8-24(11-14)15-4-3-13(18)9-12(15)10-19/h3-5,7,9,14H,6,8,11H2,1-2H3,(H,20,21,22). The summed E-state index contributed by atoms with van der Waals surface area (Å²) in [5.74, 6) is 1.52. The maximum atomic E-state index is 9.35. The fourth-order valence-electron chi connectivity index (χ4n) is 2.82. The Balaban J connectivity index is 1.70. The fourth-order valence-corrected chi connectivity index (χ4v) is 3.18. The average Bonchev–Trinajstić information content (AvgIpc) is 3.03. The van der Waals surface area contributed by atoms with Crippen molar-refractivity contribution < 1.29 is 0 Å². The summed E-state index contributed by atoms with van der Waals surface area (Å²) in [5.41, 5.74) is 1.68. The first-order chi connectivity index (χ1) is 11.6. The molecule has 6 nitrogen and oxygen atoms in total. The lowest BCUT2D eigenvalue weighted by atomic mass is 10.2. The van der Waals surface area contributed by atoms with Gasteiger partial charge in [-0.1, -0.05) is 15.9 Å². The number of hydrogen-bond acceptors (Lipinski definition) is 6. The molecule has 3 rings (SSSR count). The number of nitrogens with one attached hydrogen (secondary N) is 1. The van der Waals surface area contributed by atoms with Crippen LogP contribution in [-0.4, -0.2) is 43.2 Å². The van der Waals surface area contributed by atoms with Crippen molar-refractivity contribution in [2.24, 2.45) is 0 Å². The third-order valence-electron chi connectivity index (χ3n) is 4.00. The SMILES string of the molecule is CN(C)c1nccc(NC2CCN(c3ccc(Br)cc3C#N)C2)n1. The first-order valence-electron chi connectivity index (χ1n) is 7.78. The van der Waals surface area contributed by atoms with Crippen LogP contribution in [0.5, 0.6) is 0 Å². The van der Waals surface area contributed by atoms with Crippen LogP contribution in [0.3, 0.4) is 0 Å². The average molecular weight is 387 g/mol. The summed E-state index contributed by atoms with van der Waals surface area (Å²) in [7, 11) is 3.85. The topological polar surface area (TPSA) is 68.1 Å². The van der Waals surface area contributed by atoms with Gasteiger partial charge in [0.05, 0.1) is 11.3 Å². The number of rotatable bonds is 4. The van der Waals surface area contributed by atoms with Gasteiger partial charge in [0.25, 0.3) is 0 Å². The monoisotopic (exact) mass is 386 g/mol. The number of halogens is 1. The Morgan fingerprint density at radius 1 is 1.38 bits per heavy atom. The van der Waals surface area contributed by atoms with Crippen molar-refractivity contribution in [3.8, 4) is 6.07 Å². The maximum Gasteiger partial charge on any atom is 0.226 e. The lowest BCUT2D eigenvalue weighted by Crippen LogP contribution is -2.27. The van der Waals surface area contributed by atoms with Crippen molar-refractivity contribution in [2.75, 3.05) is 42.3 Å². The van der Waals surface area contributed by atoms with Gasteiger partial charge in [-0.3, -0.25) is 0 Å². The Kier molecular flexibility index (Phi) is 4.86. The van der Waals surface area contributed by atoms with Gasteiger partial charge in [0, 0.05) is 43.9 Å². The zero-order chi connectivity index (χ0) is 17.1. The molecule has 1 aromatic heterocycles. The van der Waals surface area contributed by atoms with Crippen LogP contribution in [0.2, 0.25) is 0 Å². The van der Waals surface area contributed by atoms with E-state index in [4.69, 9.17) is 0 Å². The highest BCUT2D eigenvalue weighted by Gasteiger charge is 2.24. The Labute approximate surface area is 150 Å². The summed E-state index contributed by atoms with van der Waals surface area (Å²) in [6.45, 7) is 1.76. The summed E-state index contributed by atoms with van der Waals surface area (Å²) < 4.78 is 0.925. The Hall–Kier alpha value is -2.33. The third kappa shape index (κ3) is 3.60. The summed E-state index contributed by atoms with van der Waals surface area (Å²) in [5, 5.41) is 12.8. The molecule has 1 aliphatic rings. The van der Waals surface area contributed by atoms with E-state index in [0.717, 1.165) is 35.5 Å². The summed E-state index contributed by atoms with van der Waals surface area (Å²) in [6.07, 6.45) is 2.77. The molecule has 2 aromatic rings. The molecule has 1 aliphatic heterocycles. The van der Waals surface area contributed by atoms with Crippen LogP contribution in [0.25, 0.3) is 0 Å². The first-order valence-corrected chi connectivity index (χ1v) is 8.57. The first kappa shape index (κ1) is 16.5. The summed E-state index contributed by atoms with van der Waals surface area (Å²) >= 11 is 3.42. The molecule has 0 amide bonds. The van der Waals surface area contributed by atoms with Crippen molar-refractivity contribution in [2.45, 2.75) is 12.5 Å². The van der Waals surface area contributed by atoms with Crippen LogP contribution in [0.1, 0.15) is 12.0 Å². The molecule has 1 unspecified atom stereocenters. The Morgan fingerprint density at radius 2 is 2.21 bits per heavy atom. The molecule has 1 saturated heterocycles. The second-order valence-corrected chi connectivity index (χ2v) is 6.90. The van der Waals surface area contributed by atoms with Gasteiger partial charge in [0.2, 0.25) is 5.95 Å². The molecule has 0 saturated carbocycles. The highest BCUT2D eigenvalue weighted by Crippen LogP contribution is 2.28. The molecular formula is C17H19BrN6. The van der Waals surface area contributed by atoms with Gasteiger partial charge in [-0.15, -0.1) is 0 Å². The quantitative estimate of drug-likeness (QED) is 0.870. The zero-order valence-corrected chi connectivity index (χ0v) is 15.3. The van der Waals surface area contributed by atoms with Crippen LogP contribution in [0.15, 0.2) is 34.9 Å². The van der Waals surface area contributed by atoms with E-state index in [1.807, 2.05) is 43.3 Å². The van der Waals surface area contributed by atoms with Crippen molar-refractivity contribution in [1.29, 1.82) is 5.26 Å². The molecule has 1 aromatic carbocycles. The third-order valence-corrected chi connectivity index (χ3v) is 4.50. The highest BCUT2D eigenvalue weighted by atomic mass is 79.9. The van der Waals surface area contributed by atoms with Gasteiger partial charge < -0.3 is 15.1 Å². The van der Waals surface area contributed by atoms with E-state index in [1.54, 1.807) is 6.20 Å². The smallest absolute Gasteiger partial charge is 0.226 e. The van der Waals surface area contributed by atoms with Crippen molar-refractivity contribution in [1.82, 2.24) is 9.97 Å². The lowest BCUT2D eigenvalue weighted by molar-refractivity contribution is 0.798. The molecule has 1 atom stereocenters. The largest absolute Gasteiger partial charge is 0.368 e. The van der Waals surface area contributed by atoms with Gasteiger partial charge in [-0.2, -0.15) is 10.2 Å². The summed E-state index contributed by atoms with van der Waals surface area (Å²) in [6, 6.07) is 10.3. The minimum atomic E-state index is 0.296. The predicted molar refractivity (Wildman–Crippen MR) is 99.5 cm³/mol. The molecule has 0 spiro atoms. The number of nitriles is 1. The van der Waals surface area contributed by atoms with Gasteiger partial charge >= 0.3 is 0 Å². The molecule has 124 valence electrons. The molecule has 24 heavy (non-hydrogen) atoms. The number of aromatic nitrogens is 2. The van der Waals surface area contributed by atoms with E-state index in [-0.39, 0.29) is 0 Å². The van der Waals surface area contributed by atoms with Gasteiger partial charge in [-0.05, 0) is 30.7 Å². The van der Waals surface area contributed by atoms with Crippen LogP contribution >= 0.6 is 15.9 Å². The number of benzene rings is 1. The van der Waals surface area contributed by atoms with Gasteiger partial charge in [0.1, 0.15) is 11.9 Å². The van der Waals surface area contributed by atoms with E-state index >= 15 is 0 Å². The van der Waals surface area contributed by atoms with Crippen molar-refractivity contribution >= 4 is 33.4 Å². The molecule has 0 aliphatic carbocycles. The molecule has 0 bridgehead atoms. The molecule has 0 radical (unpaired) electrons. The van der Waals surface area contributed by atoms with E-state index in [1.165, 1.54) is 0 Å². The van der Waals surface area contributed by atoms with Crippen molar-refractivity contribution in [3.63, 3.8) is 0 Å². The van der Waals surface area contributed by atoms with E-state index in [0.29, 0.717) is 17.6 Å². The van der Waals surface area contributed by atoms with Gasteiger partial charge in [-0.25, -0.2) is 4.98 Å². The summed E-state index contributed by atoms with van der Waals surface area (Å²) in [4.78, 5) is 12.9. The van der Waals surface area contributed by atoms with E-state index in [9.17, 15) is 5.26 Å².